The van der Waals surface area contributed by atoms with Crippen LogP contribution in [0.3, 0.4) is 0 Å². The number of carbonyl (C=O) groups excluding carboxylic acids is 1. The predicted octanol–water partition coefficient (Wildman–Crippen LogP) is 3.88. The van der Waals surface area contributed by atoms with Gasteiger partial charge in [-0.2, -0.15) is 0 Å². The Balaban J connectivity index is 1.70. The highest BCUT2D eigenvalue weighted by atomic mass is 19.1. The van der Waals surface area contributed by atoms with Crippen molar-refractivity contribution in [1.29, 1.82) is 0 Å². The van der Waals surface area contributed by atoms with E-state index < -0.39 is 0 Å². The summed E-state index contributed by atoms with van der Waals surface area (Å²) in [4.78, 5) is 20.6. The zero-order valence-corrected chi connectivity index (χ0v) is 17.5. The van der Waals surface area contributed by atoms with Crippen LogP contribution in [0.25, 0.3) is 0 Å². The van der Waals surface area contributed by atoms with Gasteiger partial charge in [0.1, 0.15) is 18.1 Å². The summed E-state index contributed by atoms with van der Waals surface area (Å²) in [6.45, 7) is 4.54. The number of carbonyl (C=O) groups is 1. The predicted molar refractivity (Wildman–Crippen MR) is 117 cm³/mol. The number of rotatable bonds is 9. The van der Waals surface area contributed by atoms with Crippen LogP contribution < -0.4 is 5.73 Å². The van der Waals surface area contributed by atoms with Crippen LogP contribution in [0.5, 0.6) is 0 Å². The molecule has 30 heavy (non-hydrogen) atoms. The molecule has 1 unspecified atom stereocenters. The van der Waals surface area contributed by atoms with Gasteiger partial charge in [0.2, 0.25) is 0 Å². The van der Waals surface area contributed by atoms with Gasteiger partial charge in [-0.25, -0.2) is 4.39 Å². The fraction of sp³-hybridized carbons (Fsp3) is 0.417. The molecular weight excluding hydrogens is 381 g/mol. The first-order valence-corrected chi connectivity index (χ1v) is 10.6. The highest BCUT2D eigenvalue weighted by molar-refractivity contribution is 6.04. The van der Waals surface area contributed by atoms with E-state index in [-0.39, 0.29) is 23.6 Å². The van der Waals surface area contributed by atoms with E-state index in [4.69, 9.17) is 10.6 Å². The summed E-state index contributed by atoms with van der Waals surface area (Å²) in [5, 5.41) is 4.43. The van der Waals surface area contributed by atoms with Crippen LogP contribution >= 0.6 is 0 Å². The molecule has 0 aliphatic carbocycles. The summed E-state index contributed by atoms with van der Waals surface area (Å²) >= 11 is 0. The van der Waals surface area contributed by atoms with Crippen molar-refractivity contribution in [2.45, 2.75) is 32.2 Å². The number of nitrogens with zero attached hydrogens (tertiary/aromatic N) is 2. The van der Waals surface area contributed by atoms with Gasteiger partial charge in [-0.15, -0.1) is 0 Å². The highest BCUT2D eigenvalue weighted by Crippen LogP contribution is 2.25. The Bertz CT molecular complexity index is 831. The van der Waals surface area contributed by atoms with Crippen LogP contribution in [-0.2, 0) is 4.84 Å². The molecule has 160 valence electrons. The molecular formula is C24H30FN3O2. The second-order valence-electron chi connectivity index (χ2n) is 7.57. The van der Waals surface area contributed by atoms with E-state index in [0.717, 1.165) is 43.6 Å². The molecule has 3 rings (SSSR count). The van der Waals surface area contributed by atoms with Crippen LogP contribution in [-0.4, -0.2) is 48.7 Å². The SMILES string of the molecule is CCC(C(=NOCCN)c1ccccc1)N1CCC(C(=O)c2ccc(F)cc2)CC1. The van der Waals surface area contributed by atoms with Crippen LogP contribution in [0.2, 0.25) is 0 Å². The quantitative estimate of drug-likeness (QED) is 0.294. The molecule has 6 heteroatoms. The van der Waals surface area contributed by atoms with Gasteiger partial charge in [0.05, 0.1) is 6.04 Å². The van der Waals surface area contributed by atoms with E-state index in [9.17, 15) is 9.18 Å². The Kier molecular flexibility index (Phi) is 8.11. The van der Waals surface area contributed by atoms with E-state index >= 15 is 0 Å². The summed E-state index contributed by atoms with van der Waals surface area (Å²) < 4.78 is 13.2. The Morgan fingerprint density at radius 2 is 1.80 bits per heavy atom. The minimum atomic E-state index is -0.322. The molecule has 1 atom stereocenters. The van der Waals surface area contributed by atoms with Crippen LogP contribution in [0.1, 0.15) is 42.1 Å². The molecule has 1 aliphatic heterocycles. The first-order valence-electron chi connectivity index (χ1n) is 10.6. The van der Waals surface area contributed by atoms with Gasteiger partial charge in [0.25, 0.3) is 0 Å². The number of hydrogen-bond donors (Lipinski definition) is 1. The molecule has 0 spiro atoms. The maximum atomic E-state index is 13.2. The maximum absolute atomic E-state index is 13.2. The van der Waals surface area contributed by atoms with Crippen molar-refractivity contribution in [3.63, 3.8) is 0 Å². The molecule has 1 aliphatic rings. The van der Waals surface area contributed by atoms with Crippen molar-refractivity contribution >= 4 is 11.5 Å². The third kappa shape index (κ3) is 5.52. The van der Waals surface area contributed by atoms with E-state index in [1.54, 1.807) is 12.1 Å². The number of halogens is 1. The largest absolute Gasteiger partial charge is 0.394 e. The van der Waals surface area contributed by atoms with Crippen molar-refractivity contribution in [1.82, 2.24) is 4.90 Å². The average Bonchev–Trinajstić information content (AvgIpc) is 2.79. The molecule has 1 heterocycles. The van der Waals surface area contributed by atoms with Gasteiger partial charge in [-0.3, -0.25) is 9.69 Å². The van der Waals surface area contributed by atoms with Gasteiger partial charge in [0.15, 0.2) is 5.78 Å². The first-order chi connectivity index (χ1) is 14.6. The molecule has 0 amide bonds. The van der Waals surface area contributed by atoms with Crippen molar-refractivity contribution in [3.8, 4) is 0 Å². The van der Waals surface area contributed by atoms with Gasteiger partial charge in [-0.05, 0) is 56.6 Å². The summed E-state index contributed by atoms with van der Waals surface area (Å²) in [6, 6.07) is 16.0. The normalized spacial score (nSPS) is 17.0. The molecule has 0 aromatic heterocycles. The number of benzene rings is 2. The van der Waals surface area contributed by atoms with Crippen molar-refractivity contribution in [3.05, 3.63) is 71.5 Å². The molecule has 1 saturated heterocycles. The molecule has 2 N–H and O–H groups in total. The van der Waals surface area contributed by atoms with Gasteiger partial charge in [-0.1, -0.05) is 42.4 Å². The van der Waals surface area contributed by atoms with Crippen molar-refractivity contribution in [2.75, 3.05) is 26.2 Å². The zero-order valence-electron chi connectivity index (χ0n) is 17.5. The topological polar surface area (TPSA) is 67.9 Å². The van der Waals surface area contributed by atoms with Crippen molar-refractivity contribution < 1.29 is 14.0 Å². The fourth-order valence-electron chi connectivity index (χ4n) is 4.03. The fourth-order valence-corrected chi connectivity index (χ4v) is 4.03. The van der Waals surface area contributed by atoms with E-state index in [2.05, 4.69) is 17.0 Å². The number of nitrogens with two attached hydrogens (primary N) is 1. The second-order valence-corrected chi connectivity index (χ2v) is 7.57. The Hall–Kier alpha value is -2.57. The molecule has 0 radical (unpaired) electrons. The lowest BCUT2D eigenvalue weighted by Gasteiger charge is -2.37. The maximum Gasteiger partial charge on any atom is 0.166 e. The van der Waals surface area contributed by atoms with Crippen LogP contribution in [0.4, 0.5) is 4.39 Å². The summed E-state index contributed by atoms with van der Waals surface area (Å²) in [5.74, 6) is -0.252. The lowest BCUT2D eigenvalue weighted by atomic mass is 9.87. The van der Waals surface area contributed by atoms with E-state index in [1.165, 1.54) is 12.1 Å². The van der Waals surface area contributed by atoms with Gasteiger partial charge >= 0.3 is 0 Å². The van der Waals surface area contributed by atoms with Crippen LogP contribution in [0.15, 0.2) is 59.8 Å². The summed E-state index contributed by atoms with van der Waals surface area (Å²) in [5.41, 5.74) is 8.07. The van der Waals surface area contributed by atoms with E-state index in [1.807, 2.05) is 30.3 Å². The van der Waals surface area contributed by atoms with Crippen molar-refractivity contribution in [2.24, 2.45) is 16.8 Å². The standard InChI is InChI=1S/C24H30FN3O2/c1-2-22(23(27-30-17-14-26)18-6-4-3-5-7-18)28-15-12-20(13-16-28)24(29)19-8-10-21(25)11-9-19/h3-11,20,22H,2,12-17,26H2,1H3. The number of Topliss-reactive ketones (excluding diaryl/α,β-unsaturated/α-hetero) is 1. The Morgan fingerprint density at radius 1 is 1.13 bits per heavy atom. The smallest absolute Gasteiger partial charge is 0.166 e. The zero-order chi connectivity index (χ0) is 21.3. The van der Waals surface area contributed by atoms with Gasteiger partial charge in [0, 0.05) is 23.6 Å². The molecule has 0 saturated carbocycles. The van der Waals surface area contributed by atoms with Gasteiger partial charge < -0.3 is 10.6 Å². The minimum absolute atomic E-state index is 0.0326. The second kappa shape index (κ2) is 11.0. The summed E-state index contributed by atoms with van der Waals surface area (Å²) in [7, 11) is 0. The lowest BCUT2D eigenvalue weighted by Crippen LogP contribution is -2.46. The molecule has 1 fully saturated rings. The number of hydrogen-bond acceptors (Lipinski definition) is 5. The molecule has 2 aromatic rings. The number of oxime groups is 1. The first kappa shape index (κ1) is 22.1. The molecule has 2 aromatic carbocycles. The number of ketones is 1. The summed E-state index contributed by atoms with van der Waals surface area (Å²) in [6.07, 6.45) is 2.44. The monoisotopic (exact) mass is 411 g/mol. The Labute approximate surface area is 177 Å². The third-order valence-electron chi connectivity index (χ3n) is 5.61. The molecule has 0 bridgehead atoms. The highest BCUT2D eigenvalue weighted by Gasteiger charge is 2.31. The third-order valence-corrected chi connectivity index (χ3v) is 5.61. The van der Waals surface area contributed by atoms with Crippen LogP contribution in [0, 0.1) is 11.7 Å². The van der Waals surface area contributed by atoms with E-state index in [0.29, 0.717) is 18.7 Å². The number of likely N-dealkylation sites (tertiary alicyclic amines) is 1. The Morgan fingerprint density at radius 3 is 2.40 bits per heavy atom. The average molecular weight is 412 g/mol. The lowest BCUT2D eigenvalue weighted by molar-refractivity contribution is 0.0818. The number of piperidine rings is 1. The molecule has 5 nitrogen and oxygen atoms in total. The minimum Gasteiger partial charge on any atom is -0.394 e.